The molecule has 0 aromatic rings. The first kappa shape index (κ1) is 27.3. The summed E-state index contributed by atoms with van der Waals surface area (Å²) < 4.78 is 0. The molecule has 0 radical (unpaired) electrons. The minimum absolute atomic E-state index is 0. The molecule has 0 saturated heterocycles. The van der Waals surface area contributed by atoms with E-state index in [0.717, 1.165) is 49.9 Å². The van der Waals surface area contributed by atoms with E-state index in [1.165, 1.54) is 38.5 Å². The molecule has 4 aliphatic rings. The van der Waals surface area contributed by atoms with E-state index in [1.807, 2.05) is 0 Å². The van der Waals surface area contributed by atoms with Gasteiger partial charge in [0.2, 0.25) is 0 Å². The van der Waals surface area contributed by atoms with Crippen molar-refractivity contribution in [2.75, 3.05) is 0 Å². The summed E-state index contributed by atoms with van der Waals surface area (Å²) in [6, 6.07) is 0. The molecule has 2 N–H and O–H groups in total. The van der Waals surface area contributed by atoms with Crippen molar-refractivity contribution in [3.8, 4) is 0 Å². The Kier molecular flexibility index (Phi) is 7.66. The average molecular weight is 461 g/mol. The standard InChI is InChI=1S/C30H52O2.CH4/c1-8-30(32)18-17-28(6)21(19-30)9-10-22-24-12-11-23(29(24,7)16-13-25(22)28)20(2)26(31)14-15-27(3,4)5;/h9,20,22-26,31-32H,8,10-19H2,1-7H3;1H4/t20-,22-,23+,24-,25-,26+,28-,29+,30-;/m0./s1. The van der Waals surface area contributed by atoms with E-state index in [1.54, 1.807) is 5.57 Å². The van der Waals surface area contributed by atoms with E-state index in [4.69, 9.17) is 0 Å². The average Bonchev–Trinajstić information content (AvgIpc) is 3.08. The van der Waals surface area contributed by atoms with Crippen LogP contribution in [-0.4, -0.2) is 21.9 Å². The van der Waals surface area contributed by atoms with Crippen molar-refractivity contribution in [2.45, 2.75) is 138 Å². The highest BCUT2D eigenvalue weighted by atomic mass is 16.3. The molecule has 0 aromatic carbocycles. The van der Waals surface area contributed by atoms with Gasteiger partial charge in [-0.1, -0.05) is 67.5 Å². The van der Waals surface area contributed by atoms with Crippen molar-refractivity contribution in [2.24, 2.45) is 45.8 Å². The topological polar surface area (TPSA) is 40.5 Å². The number of aliphatic hydroxyl groups is 2. The molecule has 0 amide bonds. The monoisotopic (exact) mass is 460 g/mol. The molecule has 33 heavy (non-hydrogen) atoms. The maximum absolute atomic E-state index is 11.1. The minimum atomic E-state index is -0.460. The van der Waals surface area contributed by atoms with Crippen molar-refractivity contribution in [1.82, 2.24) is 0 Å². The summed E-state index contributed by atoms with van der Waals surface area (Å²) in [6.45, 7) is 16.5. The second-order valence-corrected chi connectivity index (χ2v) is 14.3. The Balaban J connectivity index is 0.00000306. The molecule has 3 saturated carbocycles. The van der Waals surface area contributed by atoms with Crippen LogP contribution in [0.4, 0.5) is 0 Å². The lowest BCUT2D eigenvalue weighted by Gasteiger charge is -2.59. The zero-order valence-corrected chi connectivity index (χ0v) is 22.2. The third kappa shape index (κ3) is 4.74. The predicted molar refractivity (Wildman–Crippen MR) is 141 cm³/mol. The molecular formula is C31H56O2. The summed E-state index contributed by atoms with van der Waals surface area (Å²) in [5.41, 5.74) is 2.12. The Morgan fingerprint density at radius 3 is 2.39 bits per heavy atom. The number of rotatable bonds is 5. The Bertz CT molecular complexity index is 719. The van der Waals surface area contributed by atoms with Crippen molar-refractivity contribution in [1.29, 1.82) is 0 Å². The van der Waals surface area contributed by atoms with E-state index < -0.39 is 5.60 Å². The summed E-state index contributed by atoms with van der Waals surface area (Å²) in [5.74, 6) is 3.48. The van der Waals surface area contributed by atoms with Crippen molar-refractivity contribution >= 4 is 0 Å². The fraction of sp³-hybridized carbons (Fsp3) is 0.935. The zero-order valence-electron chi connectivity index (χ0n) is 22.2. The number of fused-ring (bicyclic) bond motifs is 5. The summed E-state index contributed by atoms with van der Waals surface area (Å²) in [7, 11) is 0. The molecule has 0 spiro atoms. The van der Waals surface area contributed by atoms with Gasteiger partial charge in [-0.15, -0.1) is 0 Å². The highest BCUT2D eigenvalue weighted by molar-refractivity contribution is 5.27. The molecule has 0 unspecified atom stereocenters. The van der Waals surface area contributed by atoms with E-state index in [9.17, 15) is 10.2 Å². The molecule has 0 bridgehead atoms. The number of hydrogen-bond acceptors (Lipinski definition) is 2. The van der Waals surface area contributed by atoms with Gasteiger partial charge in [0.25, 0.3) is 0 Å². The van der Waals surface area contributed by atoms with Crippen molar-refractivity contribution < 1.29 is 10.2 Å². The number of hydrogen-bond donors (Lipinski definition) is 2. The second kappa shape index (κ2) is 9.27. The van der Waals surface area contributed by atoms with Crippen LogP contribution in [-0.2, 0) is 0 Å². The van der Waals surface area contributed by atoms with Gasteiger partial charge >= 0.3 is 0 Å². The van der Waals surface area contributed by atoms with Gasteiger partial charge in [0.05, 0.1) is 11.7 Å². The summed E-state index contributed by atoms with van der Waals surface area (Å²) in [6.07, 6.45) is 15.0. The molecule has 3 fully saturated rings. The molecule has 192 valence electrons. The largest absolute Gasteiger partial charge is 0.393 e. The lowest BCUT2D eigenvalue weighted by Crippen LogP contribution is -2.52. The third-order valence-electron chi connectivity index (χ3n) is 11.4. The van der Waals surface area contributed by atoms with Crippen LogP contribution in [0.25, 0.3) is 0 Å². The highest BCUT2D eigenvalue weighted by Crippen LogP contribution is 2.67. The van der Waals surface area contributed by atoms with E-state index in [2.05, 4.69) is 54.5 Å². The molecule has 0 aromatic heterocycles. The molecular weight excluding hydrogens is 404 g/mol. The Labute approximate surface area is 206 Å². The molecule has 2 nitrogen and oxygen atoms in total. The van der Waals surface area contributed by atoms with E-state index in [-0.39, 0.29) is 13.5 Å². The highest BCUT2D eigenvalue weighted by Gasteiger charge is 2.60. The normalized spacial score (nSPS) is 44.6. The van der Waals surface area contributed by atoms with Crippen LogP contribution in [0.1, 0.15) is 127 Å². The fourth-order valence-corrected chi connectivity index (χ4v) is 9.03. The lowest BCUT2D eigenvalue weighted by molar-refractivity contribution is -0.0820. The molecule has 4 aliphatic carbocycles. The quantitative estimate of drug-likeness (QED) is 0.406. The minimum Gasteiger partial charge on any atom is -0.393 e. The van der Waals surface area contributed by atoms with Crippen LogP contribution in [0.15, 0.2) is 11.6 Å². The Hall–Kier alpha value is -0.340. The van der Waals surface area contributed by atoms with Crippen LogP contribution in [0.3, 0.4) is 0 Å². The maximum atomic E-state index is 11.1. The molecule has 4 rings (SSSR count). The smallest absolute Gasteiger partial charge is 0.0682 e. The van der Waals surface area contributed by atoms with Crippen molar-refractivity contribution in [3.05, 3.63) is 11.6 Å². The first-order valence-electron chi connectivity index (χ1n) is 13.9. The van der Waals surface area contributed by atoms with Gasteiger partial charge in [-0.2, -0.15) is 0 Å². The first-order chi connectivity index (χ1) is 14.8. The van der Waals surface area contributed by atoms with E-state index >= 15 is 0 Å². The van der Waals surface area contributed by atoms with Gasteiger partial charge in [-0.3, -0.25) is 0 Å². The molecule has 0 heterocycles. The summed E-state index contributed by atoms with van der Waals surface area (Å²) in [4.78, 5) is 0. The van der Waals surface area contributed by atoms with Crippen LogP contribution in [0.5, 0.6) is 0 Å². The van der Waals surface area contributed by atoms with Crippen LogP contribution >= 0.6 is 0 Å². The van der Waals surface area contributed by atoms with E-state index in [0.29, 0.717) is 28.1 Å². The third-order valence-corrected chi connectivity index (χ3v) is 11.4. The van der Waals surface area contributed by atoms with Crippen LogP contribution in [0, 0.1) is 45.8 Å². The molecule has 0 aliphatic heterocycles. The zero-order chi connectivity index (χ0) is 23.5. The lowest BCUT2D eigenvalue weighted by atomic mass is 9.46. The first-order valence-corrected chi connectivity index (χ1v) is 13.9. The SMILES string of the molecule is C.CC[C@]1(O)CC[C@@]2(C)C(=CC[C@H]3[C@@H]4CC[C@H]([C@H](C)[C@H](O)CCC(C)(C)C)[C@@]4(C)CC[C@@H]32)C1. The maximum Gasteiger partial charge on any atom is 0.0682 e. The molecule has 2 heteroatoms. The Morgan fingerprint density at radius 2 is 1.76 bits per heavy atom. The second-order valence-electron chi connectivity index (χ2n) is 14.3. The number of allylic oxidation sites excluding steroid dienone is 1. The van der Waals surface area contributed by atoms with Crippen LogP contribution in [0.2, 0.25) is 0 Å². The summed E-state index contributed by atoms with van der Waals surface area (Å²) in [5, 5.41) is 22.1. The fourth-order valence-electron chi connectivity index (χ4n) is 9.03. The van der Waals surface area contributed by atoms with Gasteiger partial charge in [0.1, 0.15) is 0 Å². The summed E-state index contributed by atoms with van der Waals surface area (Å²) >= 11 is 0. The number of aliphatic hydroxyl groups excluding tert-OH is 1. The van der Waals surface area contributed by atoms with Gasteiger partial charge in [-0.05, 0) is 116 Å². The Morgan fingerprint density at radius 1 is 1.06 bits per heavy atom. The van der Waals surface area contributed by atoms with Crippen molar-refractivity contribution in [3.63, 3.8) is 0 Å². The van der Waals surface area contributed by atoms with Crippen LogP contribution < -0.4 is 0 Å². The van der Waals surface area contributed by atoms with Gasteiger partial charge in [-0.25, -0.2) is 0 Å². The van der Waals surface area contributed by atoms with Gasteiger partial charge < -0.3 is 10.2 Å². The van der Waals surface area contributed by atoms with Gasteiger partial charge in [0.15, 0.2) is 0 Å². The van der Waals surface area contributed by atoms with Gasteiger partial charge in [0, 0.05) is 0 Å². The molecule has 9 atom stereocenters. The predicted octanol–water partition coefficient (Wildman–Crippen LogP) is 8.17.